The molecule has 53 heavy (non-hydrogen) atoms. The number of fused-ring (bicyclic) bond motifs is 2. The van der Waals surface area contributed by atoms with E-state index in [-0.39, 0.29) is 56.3 Å². The first-order valence-electron chi connectivity index (χ1n) is 18.3. The van der Waals surface area contributed by atoms with Crippen molar-refractivity contribution in [1.29, 1.82) is 0 Å². The lowest BCUT2D eigenvalue weighted by Gasteiger charge is -2.59. The molecular formula is C40H51N3O10. The van der Waals surface area contributed by atoms with Gasteiger partial charge in [0.15, 0.2) is 0 Å². The second-order valence-corrected chi connectivity index (χ2v) is 13.6. The fourth-order valence-electron chi connectivity index (χ4n) is 8.16. The molecule has 6 atom stereocenters. The number of hydrogen-bond donors (Lipinski definition) is 2. The number of benzene rings is 2. The average Bonchev–Trinajstić information content (AvgIpc) is 3.15. The molecule has 3 aliphatic rings. The van der Waals surface area contributed by atoms with Gasteiger partial charge in [0.25, 0.3) is 5.69 Å². The van der Waals surface area contributed by atoms with Crippen molar-refractivity contribution in [3.8, 4) is 17.2 Å². The van der Waals surface area contributed by atoms with Crippen LogP contribution in [0.1, 0.15) is 62.8 Å². The van der Waals surface area contributed by atoms with E-state index in [0.717, 1.165) is 36.8 Å². The number of carbonyl (C=O) groups is 1. The van der Waals surface area contributed by atoms with Crippen LogP contribution in [0.25, 0.3) is 0 Å². The smallest absolute Gasteiger partial charge is 0.409 e. The molecule has 286 valence electrons. The number of nitrogens with zero attached hydrogens (tertiary/aromatic N) is 3. The second-order valence-electron chi connectivity index (χ2n) is 13.6. The highest BCUT2D eigenvalue weighted by Gasteiger charge is 2.65. The third-order valence-corrected chi connectivity index (χ3v) is 10.4. The number of nitro benzene ring substituents is 1. The van der Waals surface area contributed by atoms with Crippen molar-refractivity contribution in [2.45, 2.75) is 69.1 Å². The quantitative estimate of drug-likeness (QED) is 0.0649. The number of unbranched alkanes of at least 4 members (excludes halogenated alkanes) is 2. The Morgan fingerprint density at radius 1 is 1.09 bits per heavy atom. The molecule has 13 heteroatoms. The summed E-state index contributed by atoms with van der Waals surface area (Å²) < 4.78 is 25.8. The highest BCUT2D eigenvalue weighted by atomic mass is 16.7. The van der Waals surface area contributed by atoms with E-state index in [2.05, 4.69) is 24.4 Å². The third-order valence-electron chi connectivity index (χ3n) is 10.4. The first-order chi connectivity index (χ1) is 25.7. The molecule has 1 saturated carbocycles. The van der Waals surface area contributed by atoms with Gasteiger partial charge in [-0.05, 0) is 73.8 Å². The molecular weight excluding hydrogens is 682 g/mol. The molecule has 0 radical (unpaired) electrons. The molecule has 2 aliphatic carbocycles. The third kappa shape index (κ3) is 8.58. The topological polar surface area (TPSA) is 162 Å². The van der Waals surface area contributed by atoms with Crippen LogP contribution in [0.5, 0.6) is 17.2 Å². The number of amides is 1. The lowest BCUT2D eigenvalue weighted by atomic mass is 9.55. The zero-order valence-corrected chi connectivity index (χ0v) is 30.6. The number of ether oxygens (including phenoxy) is 4. The van der Waals surface area contributed by atoms with Crippen molar-refractivity contribution in [3.63, 3.8) is 0 Å². The minimum Gasteiger partial charge on any atom is -0.459 e. The van der Waals surface area contributed by atoms with Crippen molar-refractivity contribution in [3.05, 3.63) is 95.1 Å². The largest absolute Gasteiger partial charge is 0.459 e. The molecule has 13 nitrogen and oxygen atoms in total. The zero-order chi connectivity index (χ0) is 38.0. The maximum atomic E-state index is 13.6. The van der Waals surface area contributed by atoms with Crippen LogP contribution in [0.2, 0.25) is 0 Å². The zero-order valence-electron chi connectivity index (χ0n) is 30.6. The van der Waals surface area contributed by atoms with Crippen LogP contribution < -0.4 is 9.47 Å². The minimum atomic E-state index is -1.41. The monoisotopic (exact) mass is 733 g/mol. The van der Waals surface area contributed by atoms with Crippen LogP contribution in [0.4, 0.5) is 10.5 Å². The Morgan fingerprint density at radius 2 is 1.85 bits per heavy atom. The molecule has 6 unspecified atom stereocenters. The molecule has 0 spiro atoms. The lowest BCUT2D eigenvalue weighted by molar-refractivity contribution is -0.384. The van der Waals surface area contributed by atoms with E-state index in [4.69, 9.17) is 23.8 Å². The summed E-state index contributed by atoms with van der Waals surface area (Å²) in [6.45, 7) is 8.10. The summed E-state index contributed by atoms with van der Waals surface area (Å²) in [5.74, 6) is -0.758. The molecule has 2 aromatic rings. The minimum absolute atomic E-state index is 0.0174. The van der Waals surface area contributed by atoms with E-state index in [1.165, 1.54) is 24.1 Å². The Bertz CT molecular complexity index is 1680. The Balaban J connectivity index is 1.72. The van der Waals surface area contributed by atoms with Crippen molar-refractivity contribution in [2.24, 2.45) is 22.9 Å². The summed E-state index contributed by atoms with van der Waals surface area (Å²) in [5, 5.41) is 35.5. The van der Waals surface area contributed by atoms with Gasteiger partial charge in [-0.2, -0.15) is 0 Å². The van der Waals surface area contributed by atoms with E-state index in [9.17, 15) is 25.1 Å². The summed E-state index contributed by atoms with van der Waals surface area (Å²) in [7, 11) is 3.16. The van der Waals surface area contributed by atoms with Crippen LogP contribution in [-0.2, 0) is 14.3 Å². The van der Waals surface area contributed by atoms with Crippen molar-refractivity contribution in [1.82, 2.24) is 4.90 Å². The number of nitro groups is 1. The van der Waals surface area contributed by atoms with Gasteiger partial charge in [-0.3, -0.25) is 10.1 Å². The molecule has 5 rings (SSSR count). The van der Waals surface area contributed by atoms with Crippen molar-refractivity contribution < 1.29 is 43.7 Å². The van der Waals surface area contributed by atoms with Gasteiger partial charge in [0.05, 0.1) is 35.8 Å². The maximum Gasteiger partial charge on any atom is 0.409 e. The molecule has 1 fully saturated rings. The predicted molar refractivity (Wildman–Crippen MR) is 199 cm³/mol. The van der Waals surface area contributed by atoms with Crippen molar-refractivity contribution >= 4 is 17.5 Å². The average molecular weight is 734 g/mol. The number of allylic oxidation sites excluding steroid dienone is 1. The van der Waals surface area contributed by atoms with E-state index in [1.807, 2.05) is 12.1 Å². The van der Waals surface area contributed by atoms with Gasteiger partial charge < -0.3 is 38.9 Å². The molecule has 1 aliphatic heterocycles. The Labute approximate surface area is 310 Å². The summed E-state index contributed by atoms with van der Waals surface area (Å²) >= 11 is 0. The Kier molecular flexibility index (Phi) is 13.7. The molecule has 1 amide bonds. The van der Waals surface area contributed by atoms with Gasteiger partial charge in [-0.25, -0.2) is 4.79 Å². The second kappa shape index (κ2) is 18.4. The van der Waals surface area contributed by atoms with Gasteiger partial charge in [0, 0.05) is 44.2 Å². The summed E-state index contributed by atoms with van der Waals surface area (Å²) in [5.41, 5.74) is 2.33. The first-order valence-corrected chi connectivity index (χ1v) is 18.3. The van der Waals surface area contributed by atoms with Crippen LogP contribution >= 0.6 is 0 Å². The number of aliphatic hydroxyl groups excluding tert-OH is 2. The highest BCUT2D eigenvalue weighted by Crippen LogP contribution is 2.62. The van der Waals surface area contributed by atoms with Crippen LogP contribution in [0, 0.1) is 27.9 Å². The first kappa shape index (κ1) is 39.5. The van der Waals surface area contributed by atoms with Gasteiger partial charge in [-0.15, -0.1) is 13.2 Å². The van der Waals surface area contributed by atoms with E-state index < -0.39 is 28.8 Å². The predicted octanol–water partition coefficient (Wildman–Crippen LogP) is 7.30. The summed E-state index contributed by atoms with van der Waals surface area (Å²) in [4.78, 5) is 31.6. The highest BCUT2D eigenvalue weighted by molar-refractivity contribution is 6.02. The van der Waals surface area contributed by atoms with Gasteiger partial charge in [-0.1, -0.05) is 42.3 Å². The Morgan fingerprint density at radius 3 is 2.55 bits per heavy atom. The number of oxime groups is 1. The van der Waals surface area contributed by atoms with Gasteiger partial charge in [0.1, 0.15) is 30.4 Å². The van der Waals surface area contributed by atoms with Gasteiger partial charge >= 0.3 is 6.09 Å². The van der Waals surface area contributed by atoms with E-state index in [0.29, 0.717) is 42.2 Å². The van der Waals surface area contributed by atoms with Crippen LogP contribution in [0.15, 0.2) is 84.6 Å². The molecule has 0 aromatic heterocycles. The van der Waals surface area contributed by atoms with Crippen LogP contribution in [0.3, 0.4) is 0 Å². The summed E-state index contributed by atoms with van der Waals surface area (Å²) in [6, 6.07) is 10.8. The summed E-state index contributed by atoms with van der Waals surface area (Å²) in [6.07, 6.45) is 10.2. The normalized spacial score (nSPS) is 24.9. The number of likely N-dealkylation sites (N-methyl/N-ethyl adjacent to an activating group) is 1. The lowest BCUT2D eigenvalue weighted by Crippen LogP contribution is -2.69. The number of aliphatic hydroxyl groups is 2. The fraction of sp³-hybridized carbons (Fsp3) is 0.500. The maximum absolute atomic E-state index is 13.6. The SMILES string of the molecule is C=CCCOC(=O)N(C)C1CC(=NOC)C2=CC(CCCCO)C(CCCCO)C3c4cc(Oc5cccc([N+](=O)[O-])c5)ccc4OC1(OCC=C)C23. The van der Waals surface area contributed by atoms with E-state index >= 15 is 0 Å². The molecule has 2 N–H and O–H groups in total. The molecule has 0 bridgehead atoms. The van der Waals surface area contributed by atoms with Crippen LogP contribution in [-0.4, -0.2) is 84.3 Å². The van der Waals surface area contributed by atoms with Gasteiger partial charge in [0.2, 0.25) is 5.79 Å². The number of non-ortho nitro benzene ring substituents is 1. The number of carbonyl (C=O) groups excluding carboxylic acids is 1. The molecule has 0 saturated heterocycles. The fourth-order valence-corrected chi connectivity index (χ4v) is 8.16. The Hall–Kier alpha value is -4.72. The standard InChI is InChI=1S/C40H51N3O10/c1-5-7-22-50-39(46)42(3)36-26-34(41-49-4)32-23-27(13-8-10-19-44)31(16-9-11-20-45)37-33-25-30(52-29-15-12-14-28(24-29)43(47)48)17-18-35(33)53-40(36,38(32)37)51-21-6-2/h5-6,12,14-15,17-18,23-25,27,31,36-38,44-45H,1-2,7-11,13,16,19-22,26H2,3-4H3. The van der Waals surface area contributed by atoms with Crippen molar-refractivity contribution in [2.75, 3.05) is 40.6 Å². The molecule has 2 aromatic carbocycles. The number of hydrogen-bond acceptors (Lipinski definition) is 11. The van der Waals surface area contributed by atoms with E-state index in [1.54, 1.807) is 37.4 Å². The number of rotatable bonds is 19. The molecule has 1 heterocycles.